The molecule has 0 amide bonds. The molecule has 0 aliphatic heterocycles. The first-order chi connectivity index (χ1) is 9.88. The molecular weight excluding hydrogens is 302 g/mol. The zero-order valence-corrected chi connectivity index (χ0v) is 12.3. The van der Waals surface area contributed by atoms with Gasteiger partial charge in [-0.1, -0.05) is 30.7 Å². The zero-order valence-electron chi connectivity index (χ0n) is 11.6. The van der Waals surface area contributed by atoms with Gasteiger partial charge in [0.15, 0.2) is 5.82 Å². The Morgan fingerprint density at radius 1 is 1.38 bits per heavy atom. The summed E-state index contributed by atoms with van der Waals surface area (Å²) < 4.78 is 30.9. The third-order valence-corrected chi connectivity index (χ3v) is 3.14. The second-order valence-corrected chi connectivity index (χ2v) is 5.24. The SMILES string of the molecule is CC(C)c1c(N)nnn1Cc1cc(Cl)ccc1OC(F)F. The molecule has 21 heavy (non-hydrogen) atoms. The van der Waals surface area contributed by atoms with Gasteiger partial charge >= 0.3 is 6.61 Å². The van der Waals surface area contributed by atoms with Crippen molar-refractivity contribution in [2.24, 2.45) is 0 Å². The van der Waals surface area contributed by atoms with E-state index < -0.39 is 6.61 Å². The average Bonchev–Trinajstić information content (AvgIpc) is 2.73. The second-order valence-electron chi connectivity index (χ2n) is 4.80. The van der Waals surface area contributed by atoms with Gasteiger partial charge in [-0.2, -0.15) is 8.78 Å². The predicted octanol–water partition coefficient (Wildman–Crippen LogP) is 3.29. The summed E-state index contributed by atoms with van der Waals surface area (Å²) >= 11 is 5.91. The number of nitrogen functional groups attached to an aromatic ring is 1. The highest BCUT2D eigenvalue weighted by atomic mass is 35.5. The third kappa shape index (κ3) is 3.60. The van der Waals surface area contributed by atoms with Gasteiger partial charge in [-0.05, 0) is 24.1 Å². The molecular formula is C13H15ClF2N4O. The molecule has 2 rings (SSSR count). The fourth-order valence-electron chi connectivity index (χ4n) is 2.09. The van der Waals surface area contributed by atoms with Crippen LogP contribution in [0.15, 0.2) is 18.2 Å². The summed E-state index contributed by atoms with van der Waals surface area (Å²) in [5, 5.41) is 8.18. The quantitative estimate of drug-likeness (QED) is 0.919. The maximum atomic E-state index is 12.4. The van der Waals surface area contributed by atoms with Gasteiger partial charge in [-0.25, -0.2) is 4.68 Å². The molecule has 2 N–H and O–H groups in total. The Bertz CT molecular complexity index is 631. The van der Waals surface area contributed by atoms with Crippen LogP contribution in [-0.4, -0.2) is 21.6 Å². The first-order valence-corrected chi connectivity index (χ1v) is 6.68. The van der Waals surface area contributed by atoms with Crippen LogP contribution in [0.25, 0.3) is 0 Å². The number of nitrogens with two attached hydrogens (primary N) is 1. The molecule has 0 spiro atoms. The number of rotatable bonds is 5. The van der Waals surface area contributed by atoms with Gasteiger partial charge in [0.1, 0.15) is 5.75 Å². The maximum absolute atomic E-state index is 12.4. The van der Waals surface area contributed by atoms with E-state index in [0.717, 1.165) is 5.69 Å². The molecule has 0 saturated carbocycles. The highest BCUT2D eigenvalue weighted by molar-refractivity contribution is 6.30. The Hall–Kier alpha value is -1.89. The molecule has 0 atom stereocenters. The fraction of sp³-hybridized carbons (Fsp3) is 0.385. The van der Waals surface area contributed by atoms with Crippen LogP contribution in [0.4, 0.5) is 14.6 Å². The Morgan fingerprint density at radius 2 is 2.10 bits per heavy atom. The largest absolute Gasteiger partial charge is 0.434 e. The average molecular weight is 317 g/mol. The Balaban J connectivity index is 2.37. The number of hydrogen-bond donors (Lipinski definition) is 1. The van der Waals surface area contributed by atoms with Crippen LogP contribution in [0.3, 0.4) is 0 Å². The Morgan fingerprint density at radius 3 is 2.71 bits per heavy atom. The number of aromatic nitrogens is 3. The normalized spacial score (nSPS) is 11.4. The molecule has 0 aliphatic carbocycles. The molecule has 0 aliphatic rings. The Kier molecular flexibility index (Phi) is 4.62. The molecule has 0 radical (unpaired) electrons. The van der Waals surface area contributed by atoms with Crippen LogP contribution in [-0.2, 0) is 6.54 Å². The van der Waals surface area contributed by atoms with Crippen LogP contribution in [0.5, 0.6) is 5.75 Å². The number of hydrogen-bond acceptors (Lipinski definition) is 4. The molecule has 8 heteroatoms. The van der Waals surface area contributed by atoms with Crippen molar-refractivity contribution in [2.45, 2.75) is 32.9 Å². The molecule has 2 aromatic rings. The van der Waals surface area contributed by atoms with E-state index >= 15 is 0 Å². The van der Waals surface area contributed by atoms with Crippen LogP contribution in [0.2, 0.25) is 5.02 Å². The number of nitrogens with zero attached hydrogens (tertiary/aromatic N) is 3. The van der Waals surface area contributed by atoms with Crippen LogP contribution < -0.4 is 10.5 Å². The van der Waals surface area contributed by atoms with Crippen molar-refractivity contribution >= 4 is 17.4 Å². The molecule has 0 saturated heterocycles. The highest BCUT2D eigenvalue weighted by Crippen LogP contribution is 2.27. The van der Waals surface area contributed by atoms with Gasteiger partial charge < -0.3 is 10.5 Å². The van der Waals surface area contributed by atoms with Gasteiger partial charge in [0.2, 0.25) is 0 Å². The third-order valence-electron chi connectivity index (χ3n) is 2.91. The van der Waals surface area contributed by atoms with Crippen molar-refractivity contribution < 1.29 is 13.5 Å². The van der Waals surface area contributed by atoms with E-state index in [-0.39, 0.29) is 18.2 Å². The molecule has 114 valence electrons. The first kappa shape index (κ1) is 15.5. The molecule has 0 fully saturated rings. The highest BCUT2D eigenvalue weighted by Gasteiger charge is 2.17. The smallest absolute Gasteiger partial charge is 0.387 e. The van der Waals surface area contributed by atoms with E-state index in [2.05, 4.69) is 15.0 Å². The molecule has 0 bridgehead atoms. The van der Waals surface area contributed by atoms with Crippen molar-refractivity contribution in [1.29, 1.82) is 0 Å². The monoisotopic (exact) mass is 316 g/mol. The standard InChI is InChI=1S/C13H15ClF2N4O/c1-7(2)11-12(17)18-19-20(11)6-8-5-9(14)3-4-10(8)21-13(15)16/h3-5,7,13H,6,17H2,1-2H3. The van der Waals surface area contributed by atoms with Crippen LogP contribution in [0.1, 0.15) is 31.0 Å². The summed E-state index contributed by atoms with van der Waals surface area (Å²) in [5.74, 6) is 0.472. The lowest BCUT2D eigenvalue weighted by Gasteiger charge is -2.13. The number of halogens is 3. The van der Waals surface area contributed by atoms with Crippen molar-refractivity contribution in [3.8, 4) is 5.75 Å². The molecule has 0 unspecified atom stereocenters. The summed E-state index contributed by atoms with van der Waals surface area (Å²) in [7, 11) is 0. The number of anilines is 1. The lowest BCUT2D eigenvalue weighted by atomic mass is 10.1. The predicted molar refractivity (Wildman–Crippen MR) is 75.7 cm³/mol. The second kappa shape index (κ2) is 6.26. The Labute approximate surface area is 125 Å². The van der Waals surface area contributed by atoms with Gasteiger partial charge in [-0.15, -0.1) is 5.10 Å². The molecule has 5 nitrogen and oxygen atoms in total. The summed E-state index contributed by atoms with van der Waals surface area (Å²) in [4.78, 5) is 0. The molecule has 1 aromatic carbocycles. The summed E-state index contributed by atoms with van der Waals surface area (Å²) in [6.07, 6.45) is 0. The zero-order chi connectivity index (χ0) is 15.6. The molecule has 1 aromatic heterocycles. The van der Waals surface area contributed by atoms with E-state index in [0.29, 0.717) is 16.4 Å². The van der Waals surface area contributed by atoms with Gasteiger partial charge in [-0.3, -0.25) is 0 Å². The van der Waals surface area contributed by atoms with Crippen molar-refractivity contribution in [3.63, 3.8) is 0 Å². The van der Waals surface area contributed by atoms with Gasteiger partial charge in [0, 0.05) is 10.6 Å². The number of benzene rings is 1. The summed E-state index contributed by atoms with van der Waals surface area (Å²) in [6.45, 7) is 1.18. The molecule has 1 heterocycles. The van der Waals surface area contributed by atoms with Crippen molar-refractivity contribution in [1.82, 2.24) is 15.0 Å². The van der Waals surface area contributed by atoms with E-state index in [1.807, 2.05) is 13.8 Å². The van der Waals surface area contributed by atoms with Crippen LogP contribution >= 0.6 is 11.6 Å². The van der Waals surface area contributed by atoms with E-state index in [4.69, 9.17) is 17.3 Å². The lowest BCUT2D eigenvalue weighted by Crippen LogP contribution is -2.11. The number of ether oxygens (including phenoxy) is 1. The van der Waals surface area contributed by atoms with Gasteiger partial charge in [0.25, 0.3) is 0 Å². The summed E-state index contributed by atoms with van der Waals surface area (Å²) in [5.41, 5.74) is 6.99. The first-order valence-electron chi connectivity index (χ1n) is 6.30. The van der Waals surface area contributed by atoms with Crippen molar-refractivity contribution in [2.75, 3.05) is 5.73 Å². The van der Waals surface area contributed by atoms with Gasteiger partial charge in [0.05, 0.1) is 12.2 Å². The number of alkyl halides is 2. The minimum atomic E-state index is -2.91. The summed E-state index contributed by atoms with van der Waals surface area (Å²) in [6, 6.07) is 4.45. The maximum Gasteiger partial charge on any atom is 0.387 e. The lowest BCUT2D eigenvalue weighted by molar-refractivity contribution is -0.0505. The minimum Gasteiger partial charge on any atom is -0.434 e. The topological polar surface area (TPSA) is 66.0 Å². The van der Waals surface area contributed by atoms with Crippen LogP contribution in [0, 0.1) is 0 Å². The minimum absolute atomic E-state index is 0.0539. The fourth-order valence-corrected chi connectivity index (χ4v) is 2.28. The van der Waals surface area contributed by atoms with E-state index in [9.17, 15) is 8.78 Å². The van der Waals surface area contributed by atoms with Crippen molar-refractivity contribution in [3.05, 3.63) is 34.5 Å². The van der Waals surface area contributed by atoms with E-state index in [1.165, 1.54) is 12.1 Å². The van der Waals surface area contributed by atoms with E-state index in [1.54, 1.807) is 10.7 Å².